The third-order valence-corrected chi connectivity index (χ3v) is 3.93. The molecule has 4 nitrogen and oxygen atoms in total. The monoisotopic (exact) mass is 234 g/mol. The first-order chi connectivity index (χ1) is 7.02. The Labute approximate surface area is 94.4 Å². The van der Waals surface area contributed by atoms with Crippen molar-refractivity contribution in [3.05, 3.63) is 0 Å². The van der Waals surface area contributed by atoms with Gasteiger partial charge in [0, 0.05) is 41.3 Å². The highest BCUT2D eigenvalue weighted by Crippen LogP contribution is 2.01. The lowest BCUT2D eigenvalue weighted by molar-refractivity contribution is -0.124. The second-order valence-electron chi connectivity index (χ2n) is 3.73. The maximum Gasteiger partial charge on any atom is 0.224 e. The quantitative estimate of drug-likeness (QED) is 0.663. The predicted molar refractivity (Wildman–Crippen MR) is 64.0 cm³/mol. The van der Waals surface area contributed by atoms with Gasteiger partial charge in [0.25, 0.3) is 0 Å². The Hall–Kier alpha value is -0.420. The molecule has 0 radical (unpaired) electrons. The van der Waals surface area contributed by atoms with Crippen LogP contribution in [0.4, 0.5) is 0 Å². The Morgan fingerprint density at radius 3 is 2.53 bits per heavy atom. The molecule has 0 heterocycles. The lowest BCUT2D eigenvalue weighted by Gasteiger charge is -2.13. The molecule has 0 aromatic heterocycles. The number of carbonyl (C=O) groups excluding carboxylic acids is 1. The molecule has 15 heavy (non-hydrogen) atoms. The van der Waals surface area contributed by atoms with Gasteiger partial charge in [0.05, 0.1) is 0 Å². The minimum absolute atomic E-state index is 0.00841. The van der Waals surface area contributed by atoms with Gasteiger partial charge in [0.2, 0.25) is 5.91 Å². The van der Waals surface area contributed by atoms with Crippen LogP contribution in [0.5, 0.6) is 0 Å². The van der Waals surface area contributed by atoms with E-state index in [9.17, 15) is 9.00 Å². The molecule has 0 aliphatic carbocycles. The molecule has 1 amide bonds. The van der Waals surface area contributed by atoms with E-state index in [0.717, 1.165) is 12.8 Å². The van der Waals surface area contributed by atoms with Crippen LogP contribution in [0.1, 0.15) is 26.7 Å². The molecule has 0 aliphatic rings. The zero-order valence-electron chi connectivity index (χ0n) is 9.79. The first kappa shape index (κ1) is 14.6. The zero-order chi connectivity index (χ0) is 11.8. The Kier molecular flexibility index (Phi) is 7.60. The highest BCUT2D eigenvalue weighted by molar-refractivity contribution is 7.84. The smallest absolute Gasteiger partial charge is 0.224 e. The minimum atomic E-state index is -0.815. The van der Waals surface area contributed by atoms with Crippen LogP contribution in [-0.2, 0) is 15.6 Å². The first-order valence-corrected chi connectivity index (χ1v) is 6.95. The minimum Gasteiger partial charge on any atom is -0.356 e. The molecule has 90 valence electrons. The molecule has 3 unspecified atom stereocenters. The van der Waals surface area contributed by atoms with Crippen molar-refractivity contribution in [1.82, 2.24) is 5.32 Å². The molecule has 0 saturated carbocycles. The van der Waals surface area contributed by atoms with Gasteiger partial charge in [-0.05, 0) is 12.8 Å². The maximum atomic E-state index is 11.5. The fraction of sp³-hybridized carbons (Fsp3) is 0.900. The van der Waals surface area contributed by atoms with Gasteiger partial charge < -0.3 is 11.1 Å². The normalized spacial score (nSPS) is 16.8. The van der Waals surface area contributed by atoms with Gasteiger partial charge in [0.1, 0.15) is 0 Å². The number of hydrogen-bond donors (Lipinski definition) is 2. The van der Waals surface area contributed by atoms with E-state index in [1.807, 2.05) is 13.8 Å². The van der Waals surface area contributed by atoms with Gasteiger partial charge in [-0.3, -0.25) is 9.00 Å². The summed E-state index contributed by atoms with van der Waals surface area (Å²) in [6, 6.07) is 0. The number of amides is 1. The molecule has 0 saturated heterocycles. The summed E-state index contributed by atoms with van der Waals surface area (Å²) < 4.78 is 11.0. The Morgan fingerprint density at radius 2 is 2.13 bits per heavy atom. The zero-order valence-corrected chi connectivity index (χ0v) is 10.6. The molecule has 0 bridgehead atoms. The fourth-order valence-electron chi connectivity index (χ4n) is 1.17. The number of rotatable bonds is 7. The van der Waals surface area contributed by atoms with Crippen LogP contribution < -0.4 is 11.1 Å². The third-order valence-electron chi connectivity index (χ3n) is 2.56. The van der Waals surface area contributed by atoms with Crippen LogP contribution >= 0.6 is 0 Å². The Bertz CT molecular complexity index is 217. The van der Waals surface area contributed by atoms with Crippen LogP contribution in [0.15, 0.2) is 0 Å². The third kappa shape index (κ3) is 5.89. The van der Waals surface area contributed by atoms with Crippen molar-refractivity contribution < 1.29 is 9.00 Å². The first-order valence-electron chi connectivity index (χ1n) is 5.32. The van der Waals surface area contributed by atoms with E-state index in [1.165, 1.54) is 0 Å². The molecule has 3 atom stereocenters. The van der Waals surface area contributed by atoms with E-state index in [0.29, 0.717) is 13.1 Å². The van der Waals surface area contributed by atoms with Gasteiger partial charge in [-0.15, -0.1) is 0 Å². The predicted octanol–water partition coefficient (Wildman–Crippen LogP) is 0.245. The number of nitrogens with one attached hydrogen (secondary N) is 1. The van der Waals surface area contributed by atoms with Crippen molar-refractivity contribution in [2.24, 2.45) is 11.7 Å². The van der Waals surface area contributed by atoms with Gasteiger partial charge in [-0.2, -0.15) is 0 Å². The Morgan fingerprint density at radius 1 is 1.53 bits per heavy atom. The summed E-state index contributed by atoms with van der Waals surface area (Å²) in [4.78, 5) is 11.5. The molecular weight excluding hydrogens is 212 g/mol. The van der Waals surface area contributed by atoms with Gasteiger partial charge in [-0.25, -0.2) is 0 Å². The fourth-order valence-corrected chi connectivity index (χ4v) is 1.62. The van der Waals surface area contributed by atoms with E-state index in [-0.39, 0.29) is 17.1 Å². The highest BCUT2D eigenvalue weighted by Gasteiger charge is 2.14. The van der Waals surface area contributed by atoms with Crippen LogP contribution in [0, 0.1) is 5.92 Å². The largest absolute Gasteiger partial charge is 0.356 e. The lowest BCUT2D eigenvalue weighted by atomic mass is 10.1. The summed E-state index contributed by atoms with van der Waals surface area (Å²) in [5.74, 6) is -0.0819. The molecule has 5 heteroatoms. The summed E-state index contributed by atoms with van der Waals surface area (Å²) in [6.45, 7) is 4.83. The number of nitrogens with two attached hydrogens (primary N) is 1. The maximum absolute atomic E-state index is 11.5. The van der Waals surface area contributed by atoms with Gasteiger partial charge in [-0.1, -0.05) is 13.8 Å². The van der Waals surface area contributed by atoms with Crippen LogP contribution in [0.2, 0.25) is 0 Å². The topological polar surface area (TPSA) is 72.2 Å². The highest BCUT2D eigenvalue weighted by atomic mass is 32.2. The SMILES string of the molecule is CCC(CN)C(=O)NCCC(C)S(C)=O. The van der Waals surface area contributed by atoms with E-state index in [4.69, 9.17) is 5.73 Å². The lowest BCUT2D eigenvalue weighted by Crippen LogP contribution is -2.36. The molecule has 0 fully saturated rings. The molecule has 0 rings (SSSR count). The van der Waals surface area contributed by atoms with E-state index >= 15 is 0 Å². The van der Waals surface area contributed by atoms with Crippen LogP contribution in [0.3, 0.4) is 0 Å². The molecule has 0 aliphatic heterocycles. The summed E-state index contributed by atoms with van der Waals surface area (Å²) in [5.41, 5.74) is 5.45. The van der Waals surface area contributed by atoms with E-state index in [2.05, 4.69) is 5.32 Å². The van der Waals surface area contributed by atoms with Gasteiger partial charge in [0.15, 0.2) is 0 Å². The molecule has 0 aromatic rings. The van der Waals surface area contributed by atoms with E-state index < -0.39 is 10.8 Å². The summed E-state index contributed by atoms with van der Waals surface area (Å²) in [5, 5.41) is 2.95. The second-order valence-corrected chi connectivity index (χ2v) is 5.53. The molecular formula is C10H22N2O2S. The van der Waals surface area contributed by atoms with Crippen LogP contribution in [-0.4, -0.2) is 34.7 Å². The Balaban J connectivity index is 3.76. The molecule has 0 spiro atoms. The van der Waals surface area contributed by atoms with E-state index in [1.54, 1.807) is 6.26 Å². The number of hydrogen-bond acceptors (Lipinski definition) is 3. The van der Waals surface area contributed by atoms with Crippen molar-refractivity contribution in [2.45, 2.75) is 31.9 Å². The van der Waals surface area contributed by atoms with Gasteiger partial charge >= 0.3 is 0 Å². The second kappa shape index (κ2) is 7.82. The van der Waals surface area contributed by atoms with Crippen LogP contribution in [0.25, 0.3) is 0 Å². The summed E-state index contributed by atoms with van der Waals surface area (Å²) in [7, 11) is -0.815. The standard InChI is InChI=1S/C10H22N2O2S/c1-4-9(7-11)10(13)12-6-5-8(2)15(3)14/h8-9H,4-7,11H2,1-3H3,(H,12,13). The summed E-state index contributed by atoms with van der Waals surface area (Å²) >= 11 is 0. The van der Waals surface area contributed by atoms with Crippen molar-refractivity contribution in [3.63, 3.8) is 0 Å². The average molecular weight is 234 g/mol. The molecule has 0 aromatic carbocycles. The number of carbonyl (C=O) groups is 1. The average Bonchev–Trinajstić information content (AvgIpc) is 2.19. The van der Waals surface area contributed by atoms with Crippen molar-refractivity contribution in [1.29, 1.82) is 0 Å². The van der Waals surface area contributed by atoms with Crippen molar-refractivity contribution in [2.75, 3.05) is 19.3 Å². The van der Waals surface area contributed by atoms with Crippen molar-refractivity contribution in [3.8, 4) is 0 Å². The summed E-state index contributed by atoms with van der Waals surface area (Å²) in [6.07, 6.45) is 3.19. The van der Waals surface area contributed by atoms with Crippen molar-refractivity contribution >= 4 is 16.7 Å². The molecule has 3 N–H and O–H groups in total.